The van der Waals surface area contributed by atoms with Gasteiger partial charge in [-0.05, 0) is 123 Å². The van der Waals surface area contributed by atoms with E-state index in [2.05, 4.69) is 196 Å². The zero-order valence-electron chi connectivity index (χ0n) is 35.4. The summed E-state index contributed by atoms with van der Waals surface area (Å²) in [5.74, 6) is 0.675. The highest BCUT2D eigenvalue weighted by molar-refractivity contribution is 6.06. The topological polar surface area (TPSA) is 51.6 Å². The summed E-state index contributed by atoms with van der Waals surface area (Å²) >= 11 is 0. The highest BCUT2D eigenvalue weighted by Crippen LogP contribution is 2.42. The fourth-order valence-corrected chi connectivity index (χ4v) is 9.56. The van der Waals surface area contributed by atoms with Gasteiger partial charge in [0.15, 0.2) is 5.82 Å². The Bertz CT molecular complexity index is 3820. The Morgan fingerprint density at radius 3 is 1.44 bits per heavy atom. The van der Waals surface area contributed by atoms with Crippen molar-refractivity contribution in [3.63, 3.8) is 0 Å². The number of rotatable bonds is 6. The zero-order chi connectivity index (χ0) is 42.7. The first kappa shape index (κ1) is 37.4. The first-order valence-corrected chi connectivity index (χ1v) is 21.8. The minimum atomic E-state index is 0.675. The molecule has 0 saturated carbocycles. The molecule has 0 unspecified atom stereocenters. The Balaban J connectivity index is 1.11. The summed E-state index contributed by atoms with van der Waals surface area (Å²) in [6.45, 7) is 4.36. The van der Waals surface area contributed by atoms with E-state index < -0.39 is 0 Å². The number of hydrogen-bond donors (Lipinski definition) is 0. The van der Waals surface area contributed by atoms with Crippen LogP contribution in [0.1, 0.15) is 11.1 Å². The normalized spacial score (nSPS) is 11.6. The molecule has 4 heteroatoms. The van der Waals surface area contributed by atoms with Gasteiger partial charge in [0, 0.05) is 56.4 Å². The minimum absolute atomic E-state index is 0.675. The molecule has 0 aliphatic carbocycles. The van der Waals surface area contributed by atoms with E-state index in [0.717, 1.165) is 105 Å². The molecule has 9 aromatic carbocycles. The van der Waals surface area contributed by atoms with E-state index in [1.807, 2.05) is 24.5 Å². The molecule has 0 saturated heterocycles. The highest BCUT2D eigenvalue weighted by atomic mass is 14.9. The molecule has 12 aromatic rings. The van der Waals surface area contributed by atoms with Crippen LogP contribution < -0.4 is 0 Å². The number of nitrogens with zero attached hydrogens (tertiary/aromatic N) is 4. The van der Waals surface area contributed by atoms with Gasteiger partial charge in [-0.2, -0.15) is 0 Å². The second kappa shape index (κ2) is 15.2. The average Bonchev–Trinajstić information content (AvgIpc) is 3.35. The van der Waals surface area contributed by atoms with Crippen LogP contribution in [0.3, 0.4) is 0 Å². The van der Waals surface area contributed by atoms with Gasteiger partial charge in [0.2, 0.25) is 0 Å². The Morgan fingerprint density at radius 1 is 0.297 bits per heavy atom. The monoisotopic (exact) mass is 816 g/mol. The van der Waals surface area contributed by atoms with E-state index in [0.29, 0.717) is 5.82 Å². The largest absolute Gasteiger partial charge is 0.256 e. The van der Waals surface area contributed by atoms with Crippen LogP contribution in [-0.4, -0.2) is 19.9 Å². The molecule has 3 aromatic heterocycles. The molecule has 0 aliphatic heterocycles. The molecular formula is C60H40N4. The lowest BCUT2D eigenvalue weighted by atomic mass is 9.91. The second-order valence-electron chi connectivity index (χ2n) is 16.8. The first-order valence-electron chi connectivity index (χ1n) is 21.8. The van der Waals surface area contributed by atoms with Crippen LogP contribution >= 0.6 is 0 Å². The number of pyridine rings is 2. The van der Waals surface area contributed by atoms with E-state index in [-0.39, 0.29) is 0 Å². The molecular weight excluding hydrogens is 777 g/mol. The van der Waals surface area contributed by atoms with Gasteiger partial charge in [-0.1, -0.05) is 146 Å². The third-order valence-corrected chi connectivity index (χ3v) is 12.8. The molecule has 300 valence electrons. The summed E-state index contributed by atoms with van der Waals surface area (Å²) in [6, 6.07) is 69.5. The fraction of sp³-hybridized carbons (Fsp3) is 0.0333. The first-order chi connectivity index (χ1) is 31.5. The van der Waals surface area contributed by atoms with E-state index in [4.69, 9.17) is 19.9 Å². The van der Waals surface area contributed by atoms with Gasteiger partial charge in [-0.25, -0.2) is 9.97 Å². The number of para-hydroxylation sites is 2. The van der Waals surface area contributed by atoms with Gasteiger partial charge in [-0.15, -0.1) is 0 Å². The smallest absolute Gasteiger partial charge is 0.160 e. The van der Waals surface area contributed by atoms with E-state index in [9.17, 15) is 0 Å². The lowest BCUT2D eigenvalue weighted by Crippen LogP contribution is -1.99. The van der Waals surface area contributed by atoms with Gasteiger partial charge in [0.05, 0.1) is 22.2 Å². The Kier molecular flexibility index (Phi) is 8.91. The maximum Gasteiger partial charge on any atom is 0.160 e. The highest BCUT2D eigenvalue weighted by Gasteiger charge is 2.20. The maximum absolute atomic E-state index is 5.56. The molecule has 0 spiro atoms. The lowest BCUT2D eigenvalue weighted by molar-refractivity contribution is 1.22. The number of fused-ring (bicyclic) bond motifs is 5. The number of aryl methyl sites for hydroxylation is 2. The molecule has 12 rings (SSSR count). The molecule has 4 nitrogen and oxygen atoms in total. The van der Waals surface area contributed by atoms with Crippen molar-refractivity contribution in [1.82, 2.24) is 19.9 Å². The van der Waals surface area contributed by atoms with Crippen LogP contribution in [0.4, 0.5) is 0 Å². The Hall–Kier alpha value is -8.34. The van der Waals surface area contributed by atoms with E-state index >= 15 is 0 Å². The second-order valence-corrected chi connectivity index (χ2v) is 16.8. The molecule has 0 bridgehead atoms. The number of hydrogen-bond acceptors (Lipinski definition) is 4. The summed E-state index contributed by atoms with van der Waals surface area (Å²) in [6.07, 6.45) is 3.74. The summed E-state index contributed by atoms with van der Waals surface area (Å²) in [4.78, 5) is 20.7. The Morgan fingerprint density at radius 2 is 0.812 bits per heavy atom. The van der Waals surface area contributed by atoms with Crippen LogP contribution in [0, 0.1) is 13.8 Å². The van der Waals surface area contributed by atoms with Gasteiger partial charge in [0.25, 0.3) is 0 Å². The molecule has 0 atom stereocenters. The third kappa shape index (κ3) is 6.47. The van der Waals surface area contributed by atoms with Crippen molar-refractivity contribution >= 4 is 54.3 Å². The van der Waals surface area contributed by atoms with E-state index in [1.54, 1.807) is 0 Å². The van der Waals surface area contributed by atoms with Gasteiger partial charge in [0.1, 0.15) is 0 Å². The molecule has 0 radical (unpaired) electrons. The van der Waals surface area contributed by atoms with Crippen molar-refractivity contribution in [2.45, 2.75) is 13.8 Å². The minimum Gasteiger partial charge on any atom is -0.256 e. The standard InChI is InChI=1S/C60H40N4/c1-37-31-47(25-27-50(37)52-19-7-15-41-17-9-29-61-56(41)52)58-55-36-49(45-23-21-39-11-3-5-13-43(39)33-45)35-54(46-24-22-40-12-4-6-14-44(40)34-46)59(55)64-60(63-58)48-26-28-51(38(2)32-48)53-20-8-16-42-18-10-30-62-57(42)53/h3-36H,1-2H3. The zero-order valence-corrected chi connectivity index (χ0v) is 35.4. The summed E-state index contributed by atoms with van der Waals surface area (Å²) < 4.78 is 0. The van der Waals surface area contributed by atoms with E-state index in [1.165, 1.54) is 21.5 Å². The van der Waals surface area contributed by atoms with Crippen LogP contribution in [0.25, 0.3) is 121 Å². The maximum atomic E-state index is 5.56. The Labute approximate surface area is 371 Å². The quantitative estimate of drug-likeness (QED) is 0.168. The van der Waals surface area contributed by atoms with Crippen molar-refractivity contribution in [2.24, 2.45) is 0 Å². The molecule has 0 N–H and O–H groups in total. The van der Waals surface area contributed by atoms with Crippen molar-refractivity contribution in [2.75, 3.05) is 0 Å². The number of aromatic nitrogens is 4. The average molecular weight is 817 g/mol. The fourth-order valence-electron chi connectivity index (χ4n) is 9.56. The SMILES string of the molecule is Cc1cc(-c2nc(-c3ccc(-c4cccc5cccnc45)c(C)c3)c3cc(-c4ccc5ccccc5c4)cc(-c4ccc5ccccc5c4)c3n2)ccc1-c1cccc2cccnc12. The molecule has 64 heavy (non-hydrogen) atoms. The van der Waals surface area contributed by atoms with Crippen molar-refractivity contribution in [1.29, 1.82) is 0 Å². The van der Waals surface area contributed by atoms with Gasteiger partial charge >= 0.3 is 0 Å². The van der Waals surface area contributed by atoms with Crippen LogP contribution in [-0.2, 0) is 0 Å². The molecule has 0 fully saturated rings. The molecule has 3 heterocycles. The van der Waals surface area contributed by atoms with Gasteiger partial charge < -0.3 is 0 Å². The molecule has 0 aliphatic rings. The lowest BCUT2D eigenvalue weighted by Gasteiger charge is -2.17. The third-order valence-electron chi connectivity index (χ3n) is 12.8. The summed E-state index contributed by atoms with van der Waals surface area (Å²) in [5.41, 5.74) is 17.0. The number of benzene rings is 9. The van der Waals surface area contributed by atoms with Crippen LogP contribution in [0.5, 0.6) is 0 Å². The van der Waals surface area contributed by atoms with Crippen LogP contribution in [0.2, 0.25) is 0 Å². The van der Waals surface area contributed by atoms with Crippen molar-refractivity contribution in [3.8, 4) is 67.2 Å². The summed E-state index contributed by atoms with van der Waals surface area (Å²) in [5, 5.41) is 8.03. The van der Waals surface area contributed by atoms with Crippen molar-refractivity contribution < 1.29 is 0 Å². The summed E-state index contributed by atoms with van der Waals surface area (Å²) in [7, 11) is 0. The predicted molar refractivity (Wildman–Crippen MR) is 267 cm³/mol. The van der Waals surface area contributed by atoms with Crippen LogP contribution in [0.15, 0.2) is 207 Å². The van der Waals surface area contributed by atoms with Crippen molar-refractivity contribution in [3.05, 3.63) is 218 Å². The molecule has 0 amide bonds. The predicted octanol–water partition coefficient (Wildman–Crippen LogP) is 15.7. The van der Waals surface area contributed by atoms with Gasteiger partial charge in [-0.3, -0.25) is 9.97 Å².